The number of carbonyl (C=O) groups excluding carboxylic acids is 1. The van der Waals surface area contributed by atoms with E-state index in [0.717, 1.165) is 31.5 Å². The fraction of sp³-hybridized carbons (Fsp3) is 0.400. The molecule has 2 heteroatoms. The lowest BCUT2D eigenvalue weighted by Crippen LogP contribution is -2.36. The number of piperidine rings is 1. The van der Waals surface area contributed by atoms with E-state index in [2.05, 4.69) is 10.8 Å². The van der Waals surface area contributed by atoms with E-state index in [1.165, 1.54) is 0 Å². The summed E-state index contributed by atoms with van der Waals surface area (Å²) < 4.78 is 0. The van der Waals surface area contributed by atoms with Crippen molar-refractivity contribution in [3.8, 4) is 12.3 Å². The second-order valence-electron chi connectivity index (χ2n) is 4.48. The standard InChI is InChI=1S/C15H17NO/c1-2-10-16-11-8-14(9-12-16)15(17)13-6-4-3-5-7-13/h1,3-7,14H,8-12H2. The summed E-state index contributed by atoms with van der Waals surface area (Å²) in [5.41, 5.74) is 0.836. The maximum atomic E-state index is 12.2. The molecule has 2 nitrogen and oxygen atoms in total. The van der Waals surface area contributed by atoms with Gasteiger partial charge in [-0.25, -0.2) is 0 Å². The van der Waals surface area contributed by atoms with Gasteiger partial charge in [0.1, 0.15) is 0 Å². The highest BCUT2D eigenvalue weighted by molar-refractivity contribution is 5.97. The number of carbonyl (C=O) groups is 1. The van der Waals surface area contributed by atoms with Crippen molar-refractivity contribution in [1.29, 1.82) is 0 Å². The van der Waals surface area contributed by atoms with Crippen LogP contribution in [0.4, 0.5) is 0 Å². The number of Topliss-reactive ketones (excluding diaryl/α,β-unsaturated/α-hetero) is 1. The number of likely N-dealkylation sites (tertiary alicyclic amines) is 1. The van der Waals surface area contributed by atoms with E-state index in [0.29, 0.717) is 6.54 Å². The van der Waals surface area contributed by atoms with E-state index in [-0.39, 0.29) is 11.7 Å². The monoisotopic (exact) mass is 227 g/mol. The molecule has 1 saturated heterocycles. The lowest BCUT2D eigenvalue weighted by Gasteiger charge is -2.29. The molecular weight excluding hydrogens is 210 g/mol. The second kappa shape index (κ2) is 5.65. The van der Waals surface area contributed by atoms with Crippen molar-refractivity contribution in [1.82, 2.24) is 4.90 Å². The van der Waals surface area contributed by atoms with Crippen molar-refractivity contribution in [2.75, 3.05) is 19.6 Å². The molecule has 0 saturated carbocycles. The topological polar surface area (TPSA) is 20.3 Å². The number of ketones is 1. The fourth-order valence-corrected chi connectivity index (χ4v) is 2.32. The Morgan fingerprint density at radius 2 is 1.94 bits per heavy atom. The molecule has 88 valence electrons. The fourth-order valence-electron chi connectivity index (χ4n) is 2.32. The summed E-state index contributed by atoms with van der Waals surface area (Å²) >= 11 is 0. The third-order valence-corrected chi connectivity index (χ3v) is 3.33. The van der Waals surface area contributed by atoms with Gasteiger partial charge in [-0.15, -0.1) is 6.42 Å². The van der Waals surface area contributed by atoms with Crippen LogP contribution >= 0.6 is 0 Å². The van der Waals surface area contributed by atoms with Crippen LogP contribution in [-0.4, -0.2) is 30.3 Å². The van der Waals surface area contributed by atoms with Gasteiger partial charge < -0.3 is 0 Å². The van der Waals surface area contributed by atoms with E-state index >= 15 is 0 Å². The van der Waals surface area contributed by atoms with Gasteiger partial charge in [-0.3, -0.25) is 9.69 Å². The van der Waals surface area contributed by atoms with E-state index in [1.807, 2.05) is 30.3 Å². The molecule has 0 spiro atoms. The molecule has 1 heterocycles. The van der Waals surface area contributed by atoms with E-state index < -0.39 is 0 Å². The number of terminal acetylenes is 1. The van der Waals surface area contributed by atoms with Crippen LogP contribution in [0.25, 0.3) is 0 Å². The largest absolute Gasteiger partial charge is 0.294 e. The van der Waals surface area contributed by atoms with Gasteiger partial charge in [-0.2, -0.15) is 0 Å². The minimum absolute atomic E-state index is 0.173. The first kappa shape index (κ1) is 11.9. The highest BCUT2D eigenvalue weighted by Crippen LogP contribution is 2.21. The maximum absolute atomic E-state index is 12.2. The summed E-state index contributed by atoms with van der Waals surface area (Å²) in [6.07, 6.45) is 7.14. The average molecular weight is 227 g/mol. The maximum Gasteiger partial charge on any atom is 0.166 e. The van der Waals surface area contributed by atoms with Crippen molar-refractivity contribution >= 4 is 5.78 Å². The molecule has 0 N–H and O–H groups in total. The predicted octanol–water partition coefficient (Wildman–Crippen LogP) is 2.21. The molecule has 0 bridgehead atoms. The highest BCUT2D eigenvalue weighted by Gasteiger charge is 2.25. The summed E-state index contributed by atoms with van der Waals surface area (Å²) in [5.74, 6) is 3.11. The predicted molar refractivity (Wildman–Crippen MR) is 68.8 cm³/mol. The Morgan fingerprint density at radius 3 is 2.53 bits per heavy atom. The molecule has 1 aliphatic rings. The zero-order valence-corrected chi connectivity index (χ0v) is 9.93. The minimum atomic E-state index is 0.173. The van der Waals surface area contributed by atoms with Gasteiger partial charge in [0, 0.05) is 11.5 Å². The lowest BCUT2D eigenvalue weighted by atomic mass is 9.89. The Kier molecular flexibility index (Phi) is 3.95. The third kappa shape index (κ3) is 2.95. The Balaban J connectivity index is 1.93. The van der Waals surface area contributed by atoms with Gasteiger partial charge >= 0.3 is 0 Å². The molecule has 0 atom stereocenters. The molecule has 2 rings (SSSR count). The van der Waals surface area contributed by atoms with Gasteiger partial charge in [0.05, 0.1) is 6.54 Å². The van der Waals surface area contributed by atoms with Gasteiger partial charge in [0.2, 0.25) is 0 Å². The number of hydrogen-bond donors (Lipinski definition) is 0. The van der Waals surface area contributed by atoms with E-state index in [1.54, 1.807) is 0 Å². The van der Waals surface area contributed by atoms with Crippen LogP contribution in [0.1, 0.15) is 23.2 Å². The summed E-state index contributed by atoms with van der Waals surface area (Å²) in [7, 11) is 0. The van der Waals surface area contributed by atoms with Crippen molar-refractivity contribution in [2.24, 2.45) is 5.92 Å². The number of benzene rings is 1. The number of rotatable bonds is 3. The molecule has 0 aromatic heterocycles. The molecule has 1 aromatic carbocycles. The zero-order valence-electron chi connectivity index (χ0n) is 9.93. The van der Waals surface area contributed by atoms with Crippen LogP contribution in [0.15, 0.2) is 30.3 Å². The molecule has 0 amide bonds. The first-order chi connectivity index (χ1) is 8.31. The van der Waals surface area contributed by atoms with Crippen LogP contribution in [0.5, 0.6) is 0 Å². The van der Waals surface area contributed by atoms with Crippen molar-refractivity contribution in [3.05, 3.63) is 35.9 Å². The first-order valence-corrected chi connectivity index (χ1v) is 6.06. The Bertz CT molecular complexity index is 410. The van der Waals surface area contributed by atoms with Gasteiger partial charge in [-0.05, 0) is 25.9 Å². The first-order valence-electron chi connectivity index (χ1n) is 6.06. The van der Waals surface area contributed by atoms with Gasteiger partial charge in [-0.1, -0.05) is 36.3 Å². The lowest BCUT2D eigenvalue weighted by molar-refractivity contribution is 0.0849. The highest BCUT2D eigenvalue weighted by atomic mass is 16.1. The minimum Gasteiger partial charge on any atom is -0.294 e. The molecule has 1 aromatic rings. The molecule has 0 radical (unpaired) electrons. The summed E-state index contributed by atoms with van der Waals surface area (Å²) in [4.78, 5) is 14.4. The Labute approximate surface area is 103 Å². The Hall–Kier alpha value is -1.59. The van der Waals surface area contributed by atoms with Crippen molar-refractivity contribution in [2.45, 2.75) is 12.8 Å². The van der Waals surface area contributed by atoms with E-state index in [9.17, 15) is 4.79 Å². The van der Waals surface area contributed by atoms with Crippen LogP contribution in [0, 0.1) is 18.3 Å². The molecule has 0 aliphatic carbocycles. The Morgan fingerprint density at radius 1 is 1.29 bits per heavy atom. The number of hydrogen-bond acceptors (Lipinski definition) is 2. The quantitative estimate of drug-likeness (QED) is 0.583. The summed E-state index contributed by atoms with van der Waals surface area (Å²) in [5, 5.41) is 0. The SMILES string of the molecule is C#CCN1CCC(C(=O)c2ccccc2)CC1. The third-order valence-electron chi connectivity index (χ3n) is 3.33. The average Bonchev–Trinajstić information content (AvgIpc) is 2.40. The molecular formula is C15H17NO. The van der Waals surface area contributed by atoms with Crippen molar-refractivity contribution < 1.29 is 4.79 Å². The normalized spacial score (nSPS) is 17.6. The van der Waals surface area contributed by atoms with Crippen LogP contribution < -0.4 is 0 Å². The smallest absolute Gasteiger partial charge is 0.166 e. The van der Waals surface area contributed by atoms with Crippen LogP contribution in [0.2, 0.25) is 0 Å². The van der Waals surface area contributed by atoms with Gasteiger partial charge in [0.15, 0.2) is 5.78 Å². The molecule has 0 unspecified atom stereocenters. The van der Waals surface area contributed by atoms with Crippen molar-refractivity contribution in [3.63, 3.8) is 0 Å². The van der Waals surface area contributed by atoms with Crippen LogP contribution in [0.3, 0.4) is 0 Å². The van der Waals surface area contributed by atoms with E-state index in [4.69, 9.17) is 6.42 Å². The molecule has 1 fully saturated rings. The summed E-state index contributed by atoms with van der Waals surface area (Å²) in [6, 6.07) is 9.57. The molecule has 1 aliphatic heterocycles. The van der Waals surface area contributed by atoms with Crippen LogP contribution in [-0.2, 0) is 0 Å². The molecule has 17 heavy (non-hydrogen) atoms. The number of nitrogens with zero attached hydrogens (tertiary/aromatic N) is 1. The second-order valence-corrected chi connectivity index (χ2v) is 4.48. The zero-order chi connectivity index (χ0) is 12.1. The van der Waals surface area contributed by atoms with Gasteiger partial charge in [0.25, 0.3) is 0 Å². The summed E-state index contributed by atoms with van der Waals surface area (Å²) in [6.45, 7) is 2.58.